The average molecular weight is 925 g/mol. The fraction of sp³-hybridized carbons (Fsp3) is 0.0141. The van der Waals surface area contributed by atoms with Crippen LogP contribution in [0.3, 0.4) is 0 Å². The van der Waals surface area contributed by atoms with Crippen molar-refractivity contribution >= 4 is 82.0 Å². The lowest BCUT2D eigenvalue weighted by Gasteiger charge is -2.32. The van der Waals surface area contributed by atoms with Crippen molar-refractivity contribution in [2.45, 2.75) is 5.41 Å². The second-order valence-electron chi connectivity index (χ2n) is 19.9. The van der Waals surface area contributed by atoms with Crippen molar-refractivity contribution in [3.05, 3.63) is 289 Å². The highest BCUT2D eigenvalue weighted by molar-refractivity contribution is 6.26. The molecule has 1 heterocycles. The molecule has 2 nitrogen and oxygen atoms in total. The van der Waals surface area contributed by atoms with Crippen molar-refractivity contribution in [3.63, 3.8) is 0 Å². The highest BCUT2D eigenvalue weighted by atomic mass is 15.1. The van der Waals surface area contributed by atoms with Gasteiger partial charge in [0.05, 0.1) is 16.4 Å². The minimum atomic E-state index is -0.462. The summed E-state index contributed by atoms with van der Waals surface area (Å²) in [6.07, 6.45) is 0. The molecule has 338 valence electrons. The van der Waals surface area contributed by atoms with E-state index in [-0.39, 0.29) is 0 Å². The Kier molecular flexibility index (Phi) is 8.41. The highest BCUT2D eigenvalue weighted by Gasteiger charge is 2.51. The second-order valence-corrected chi connectivity index (χ2v) is 19.9. The third-order valence-electron chi connectivity index (χ3n) is 16.3. The summed E-state index contributed by atoms with van der Waals surface area (Å²) in [5.41, 5.74) is 19.3. The molecule has 2 heteroatoms. The first kappa shape index (κ1) is 40.3. The SMILES string of the molecule is c1ccc(-n2c3cc(-c4ccc(N(c5ccc6c(c5)C5(c7ccccc7-c7ccccc75)c5ccccc5-6)c5ccc6c7ccccc7c7ccccc7c6c5)cc4)ccc3c3cc4ccccc4cc32)cc1. The number of anilines is 3. The summed E-state index contributed by atoms with van der Waals surface area (Å²) in [4.78, 5) is 2.48. The molecule has 0 saturated carbocycles. The van der Waals surface area contributed by atoms with E-state index < -0.39 is 5.41 Å². The smallest absolute Gasteiger partial charge is 0.0726 e. The summed E-state index contributed by atoms with van der Waals surface area (Å²) in [6, 6.07) is 99.8. The van der Waals surface area contributed by atoms with Gasteiger partial charge < -0.3 is 9.47 Å². The summed E-state index contributed by atoms with van der Waals surface area (Å²) in [5.74, 6) is 0. The zero-order valence-corrected chi connectivity index (χ0v) is 39.8. The average Bonchev–Trinajstić information content (AvgIpc) is 4.06. The molecule has 0 amide bonds. The van der Waals surface area contributed by atoms with E-state index in [1.54, 1.807) is 0 Å². The number of fused-ring (bicyclic) bond motifs is 20. The zero-order valence-electron chi connectivity index (χ0n) is 39.8. The molecule has 0 fully saturated rings. The van der Waals surface area contributed by atoms with Crippen LogP contribution in [0, 0.1) is 0 Å². The maximum atomic E-state index is 2.50. The number of nitrogens with zero attached hydrogens (tertiary/aromatic N) is 2. The monoisotopic (exact) mass is 924 g/mol. The van der Waals surface area contributed by atoms with Crippen LogP contribution in [0.4, 0.5) is 17.1 Å². The Morgan fingerprint density at radius 2 is 0.712 bits per heavy atom. The van der Waals surface area contributed by atoms with Crippen molar-refractivity contribution < 1.29 is 0 Å². The predicted molar refractivity (Wildman–Crippen MR) is 307 cm³/mol. The lowest BCUT2D eigenvalue weighted by Crippen LogP contribution is -2.26. The zero-order chi connectivity index (χ0) is 47.8. The van der Waals surface area contributed by atoms with Crippen molar-refractivity contribution in [3.8, 4) is 39.1 Å². The van der Waals surface area contributed by atoms with E-state index >= 15 is 0 Å². The van der Waals surface area contributed by atoms with Gasteiger partial charge in [-0.1, -0.05) is 200 Å². The molecule has 0 aliphatic heterocycles. The van der Waals surface area contributed by atoms with E-state index in [1.165, 1.54) is 121 Å². The molecule has 1 spiro atoms. The first-order valence-corrected chi connectivity index (χ1v) is 25.4. The van der Waals surface area contributed by atoms with Gasteiger partial charge in [0.1, 0.15) is 0 Å². The number of hydrogen-bond donors (Lipinski definition) is 0. The van der Waals surface area contributed by atoms with Crippen LogP contribution in [-0.4, -0.2) is 4.57 Å². The van der Waals surface area contributed by atoms with E-state index in [1.807, 2.05) is 0 Å². The maximum absolute atomic E-state index is 2.50. The Morgan fingerprint density at radius 1 is 0.260 bits per heavy atom. The van der Waals surface area contributed by atoms with Gasteiger partial charge in [0.25, 0.3) is 0 Å². The number of rotatable bonds is 5. The van der Waals surface area contributed by atoms with E-state index in [9.17, 15) is 0 Å². The predicted octanol–water partition coefficient (Wildman–Crippen LogP) is 18.9. The van der Waals surface area contributed by atoms with Crippen LogP contribution in [0.2, 0.25) is 0 Å². The van der Waals surface area contributed by atoms with Crippen LogP contribution >= 0.6 is 0 Å². The summed E-state index contributed by atoms with van der Waals surface area (Å²) in [7, 11) is 0. The van der Waals surface area contributed by atoms with Crippen LogP contribution in [0.5, 0.6) is 0 Å². The minimum Gasteiger partial charge on any atom is -0.310 e. The van der Waals surface area contributed by atoms with Crippen molar-refractivity contribution in [1.82, 2.24) is 4.57 Å². The van der Waals surface area contributed by atoms with Crippen LogP contribution in [0.1, 0.15) is 22.3 Å². The quantitative estimate of drug-likeness (QED) is 0.156. The van der Waals surface area contributed by atoms with E-state index in [2.05, 4.69) is 276 Å². The first-order valence-electron chi connectivity index (χ1n) is 25.4. The van der Waals surface area contributed by atoms with Gasteiger partial charge in [0, 0.05) is 33.5 Å². The third-order valence-corrected chi connectivity index (χ3v) is 16.3. The first-order chi connectivity index (χ1) is 36.2. The molecule has 0 saturated heterocycles. The molecule has 73 heavy (non-hydrogen) atoms. The number of hydrogen-bond acceptors (Lipinski definition) is 1. The Balaban J connectivity index is 0.907. The van der Waals surface area contributed by atoms with E-state index in [0.29, 0.717) is 0 Å². The summed E-state index contributed by atoms with van der Waals surface area (Å²) in [5, 5.41) is 12.6. The maximum Gasteiger partial charge on any atom is 0.0726 e. The summed E-state index contributed by atoms with van der Waals surface area (Å²) < 4.78 is 2.43. The summed E-state index contributed by atoms with van der Waals surface area (Å²) in [6.45, 7) is 0. The van der Waals surface area contributed by atoms with Gasteiger partial charge in [-0.2, -0.15) is 0 Å². The van der Waals surface area contributed by atoms with Crippen LogP contribution in [0.15, 0.2) is 267 Å². The van der Waals surface area contributed by atoms with Gasteiger partial charge in [0.15, 0.2) is 0 Å². The van der Waals surface area contributed by atoms with E-state index in [4.69, 9.17) is 0 Å². The Morgan fingerprint density at radius 3 is 1.36 bits per heavy atom. The van der Waals surface area contributed by atoms with E-state index in [0.717, 1.165) is 22.7 Å². The largest absolute Gasteiger partial charge is 0.310 e. The molecule has 13 aromatic carbocycles. The molecule has 0 unspecified atom stereocenters. The highest BCUT2D eigenvalue weighted by Crippen LogP contribution is 2.63. The molecule has 0 N–H and O–H groups in total. The fourth-order valence-corrected chi connectivity index (χ4v) is 13.2. The lowest BCUT2D eigenvalue weighted by molar-refractivity contribution is 0.793. The van der Waals surface area contributed by atoms with Gasteiger partial charge in [-0.25, -0.2) is 0 Å². The van der Waals surface area contributed by atoms with Crippen LogP contribution in [-0.2, 0) is 5.41 Å². The van der Waals surface area contributed by atoms with Crippen molar-refractivity contribution in [1.29, 1.82) is 0 Å². The Hall–Kier alpha value is -9.50. The molecular formula is C71H44N2. The fourth-order valence-electron chi connectivity index (χ4n) is 13.2. The lowest BCUT2D eigenvalue weighted by atomic mass is 9.70. The molecule has 0 radical (unpaired) electrons. The topological polar surface area (TPSA) is 8.17 Å². The Labute approximate surface area is 422 Å². The summed E-state index contributed by atoms with van der Waals surface area (Å²) >= 11 is 0. The molecule has 0 bridgehead atoms. The number of para-hydroxylation sites is 1. The van der Waals surface area contributed by atoms with Gasteiger partial charge in [-0.15, -0.1) is 0 Å². The van der Waals surface area contributed by atoms with Gasteiger partial charge in [-0.3, -0.25) is 0 Å². The van der Waals surface area contributed by atoms with Gasteiger partial charge in [-0.05, 0) is 165 Å². The standard InChI is InChI=1S/C71H44N2/c1-2-18-49(19-3-1)73-69-42-48(32-37-62(69)64-40-46-16-4-5-17-47(46)41-70(64)73)45-30-33-50(34-31-45)72(51-35-38-57-55-22-7-6-20-53(55)54-21-8-9-23-56(54)63(57)43-51)52-36-39-61-60-26-12-15-29-67(60)71(68(61)44-52)65-27-13-10-24-58(65)59-25-11-14-28-66(59)71/h1-44H. The minimum absolute atomic E-state index is 0.462. The van der Waals surface area contributed by atoms with Crippen molar-refractivity contribution in [2.24, 2.45) is 0 Å². The number of benzene rings is 13. The van der Waals surface area contributed by atoms with Gasteiger partial charge >= 0.3 is 0 Å². The molecule has 0 atom stereocenters. The molecular weight excluding hydrogens is 881 g/mol. The van der Waals surface area contributed by atoms with Crippen LogP contribution in [0.25, 0.3) is 104 Å². The Bertz CT molecular complexity index is 4520. The molecule has 16 rings (SSSR count). The van der Waals surface area contributed by atoms with Crippen molar-refractivity contribution in [2.75, 3.05) is 4.90 Å². The third kappa shape index (κ3) is 5.63. The molecule has 2 aliphatic carbocycles. The van der Waals surface area contributed by atoms with Gasteiger partial charge in [0.2, 0.25) is 0 Å². The molecule has 14 aromatic rings. The second kappa shape index (κ2) is 15.3. The molecule has 1 aromatic heterocycles. The molecule has 2 aliphatic rings. The normalized spacial score (nSPS) is 13.0. The van der Waals surface area contributed by atoms with Crippen LogP contribution < -0.4 is 4.90 Å². The number of aromatic nitrogens is 1.